The summed E-state index contributed by atoms with van der Waals surface area (Å²) in [5.41, 5.74) is 1.80. The first-order valence-corrected chi connectivity index (χ1v) is 6.41. The summed E-state index contributed by atoms with van der Waals surface area (Å²) in [5.74, 6) is 0.387. The number of nitrogens with zero attached hydrogens (tertiary/aromatic N) is 2. The second-order valence-corrected chi connectivity index (χ2v) is 4.59. The third-order valence-corrected chi connectivity index (χ3v) is 3.24. The molecule has 2 rings (SSSR count). The van der Waals surface area contributed by atoms with Crippen molar-refractivity contribution in [3.8, 4) is 11.8 Å². The fraction of sp³-hybridized carbons (Fsp3) is 0.188. The van der Waals surface area contributed by atoms with E-state index >= 15 is 0 Å². The van der Waals surface area contributed by atoms with Gasteiger partial charge in [-0.2, -0.15) is 5.26 Å². The van der Waals surface area contributed by atoms with Gasteiger partial charge in [0, 0.05) is 12.1 Å². The summed E-state index contributed by atoms with van der Waals surface area (Å²) >= 11 is 0. The van der Waals surface area contributed by atoms with Gasteiger partial charge in [0.1, 0.15) is 5.75 Å². The van der Waals surface area contributed by atoms with Crippen LogP contribution in [0.4, 0.5) is 5.69 Å². The fourth-order valence-electron chi connectivity index (χ4n) is 2.09. The smallest absolute Gasteiger partial charge is 0.269 e. The number of nitro groups is 1. The van der Waals surface area contributed by atoms with Crippen LogP contribution < -0.4 is 4.74 Å². The average Bonchev–Trinajstić information content (AvgIpc) is 2.53. The van der Waals surface area contributed by atoms with Crippen LogP contribution in [0.5, 0.6) is 5.75 Å². The van der Waals surface area contributed by atoms with E-state index in [0.29, 0.717) is 12.2 Å². The first-order valence-electron chi connectivity index (χ1n) is 6.41. The van der Waals surface area contributed by atoms with Crippen molar-refractivity contribution >= 4 is 5.69 Å². The molecular formula is C16H14N2O3. The highest BCUT2D eigenvalue weighted by molar-refractivity contribution is 5.37. The minimum Gasteiger partial charge on any atom is -0.497 e. The standard InChI is InChI=1S/C16H14N2O3/c1-21-16-4-2-3-13(10-16)14(11-17)9-12-5-7-15(8-6-12)18(19)20/h2-8,10,14H,9H2,1H3. The van der Waals surface area contributed by atoms with Crippen molar-refractivity contribution in [3.63, 3.8) is 0 Å². The van der Waals surface area contributed by atoms with Crippen molar-refractivity contribution in [2.75, 3.05) is 7.11 Å². The number of nitro benzene ring substituents is 1. The van der Waals surface area contributed by atoms with Crippen molar-refractivity contribution < 1.29 is 9.66 Å². The van der Waals surface area contributed by atoms with E-state index in [1.54, 1.807) is 19.2 Å². The molecule has 1 atom stereocenters. The minimum absolute atomic E-state index is 0.0497. The molecule has 0 aliphatic heterocycles. The van der Waals surface area contributed by atoms with Crippen LogP contribution >= 0.6 is 0 Å². The lowest BCUT2D eigenvalue weighted by molar-refractivity contribution is -0.384. The predicted molar refractivity (Wildman–Crippen MR) is 78.1 cm³/mol. The van der Waals surface area contributed by atoms with E-state index in [4.69, 9.17) is 4.74 Å². The average molecular weight is 282 g/mol. The maximum Gasteiger partial charge on any atom is 0.269 e. The Bertz CT molecular complexity index is 675. The minimum atomic E-state index is -0.437. The SMILES string of the molecule is COc1cccc(C(C#N)Cc2ccc([N+](=O)[O-])cc2)c1. The van der Waals surface area contributed by atoms with Gasteiger partial charge in [-0.15, -0.1) is 0 Å². The zero-order valence-electron chi connectivity index (χ0n) is 11.5. The Morgan fingerprint density at radius 1 is 1.29 bits per heavy atom. The molecule has 0 N–H and O–H groups in total. The molecule has 5 nitrogen and oxygen atoms in total. The number of rotatable bonds is 5. The maximum atomic E-state index is 10.6. The lowest BCUT2D eigenvalue weighted by Crippen LogP contribution is -2.01. The molecule has 0 heterocycles. The van der Waals surface area contributed by atoms with Crippen LogP contribution in [0.3, 0.4) is 0 Å². The van der Waals surface area contributed by atoms with Crippen molar-refractivity contribution in [1.82, 2.24) is 0 Å². The lowest BCUT2D eigenvalue weighted by atomic mass is 9.93. The van der Waals surface area contributed by atoms with Crippen LogP contribution in [0.1, 0.15) is 17.0 Å². The van der Waals surface area contributed by atoms with E-state index < -0.39 is 4.92 Å². The van der Waals surface area contributed by atoms with Crippen LogP contribution in [0, 0.1) is 21.4 Å². The topological polar surface area (TPSA) is 76.2 Å². The molecule has 21 heavy (non-hydrogen) atoms. The zero-order chi connectivity index (χ0) is 15.2. The van der Waals surface area contributed by atoms with Gasteiger partial charge in [-0.3, -0.25) is 10.1 Å². The van der Waals surface area contributed by atoms with Crippen molar-refractivity contribution in [3.05, 3.63) is 69.8 Å². The normalized spacial score (nSPS) is 11.4. The predicted octanol–water partition coefficient (Wildman–Crippen LogP) is 3.45. The summed E-state index contributed by atoms with van der Waals surface area (Å²) in [6.07, 6.45) is 0.502. The molecule has 0 fully saturated rings. The van der Waals surface area contributed by atoms with Gasteiger partial charge >= 0.3 is 0 Å². The second kappa shape index (κ2) is 6.53. The van der Waals surface area contributed by atoms with E-state index in [0.717, 1.165) is 11.1 Å². The summed E-state index contributed by atoms with van der Waals surface area (Å²) in [6, 6.07) is 15.9. The molecule has 0 bridgehead atoms. The lowest BCUT2D eigenvalue weighted by Gasteiger charge is -2.11. The van der Waals surface area contributed by atoms with Gasteiger partial charge < -0.3 is 4.74 Å². The van der Waals surface area contributed by atoms with E-state index in [2.05, 4.69) is 6.07 Å². The van der Waals surface area contributed by atoms with E-state index in [1.165, 1.54) is 12.1 Å². The number of hydrogen-bond donors (Lipinski definition) is 0. The Morgan fingerprint density at radius 2 is 2.00 bits per heavy atom. The number of methoxy groups -OCH3 is 1. The Hall–Kier alpha value is -2.87. The third-order valence-electron chi connectivity index (χ3n) is 3.24. The number of non-ortho nitro benzene ring substituents is 1. The van der Waals surface area contributed by atoms with Crippen LogP contribution in [-0.2, 0) is 6.42 Å². The largest absolute Gasteiger partial charge is 0.497 e. The fourth-order valence-corrected chi connectivity index (χ4v) is 2.09. The highest BCUT2D eigenvalue weighted by Crippen LogP contribution is 2.24. The van der Waals surface area contributed by atoms with Gasteiger partial charge in [-0.1, -0.05) is 24.3 Å². The Morgan fingerprint density at radius 3 is 2.57 bits per heavy atom. The Kier molecular flexibility index (Phi) is 4.52. The van der Waals surface area contributed by atoms with Gasteiger partial charge in [-0.05, 0) is 29.7 Å². The molecule has 0 saturated heterocycles. The van der Waals surface area contributed by atoms with Gasteiger partial charge in [0.05, 0.1) is 24.0 Å². The van der Waals surface area contributed by atoms with Crippen LogP contribution in [0.25, 0.3) is 0 Å². The van der Waals surface area contributed by atoms with E-state index in [9.17, 15) is 15.4 Å². The molecule has 0 saturated carbocycles. The molecule has 106 valence electrons. The second-order valence-electron chi connectivity index (χ2n) is 4.59. The number of ether oxygens (including phenoxy) is 1. The van der Waals surface area contributed by atoms with Crippen molar-refractivity contribution in [2.45, 2.75) is 12.3 Å². The van der Waals surface area contributed by atoms with Crippen LogP contribution in [0.2, 0.25) is 0 Å². The number of hydrogen-bond acceptors (Lipinski definition) is 4. The van der Waals surface area contributed by atoms with Crippen LogP contribution in [-0.4, -0.2) is 12.0 Å². The first-order chi connectivity index (χ1) is 10.1. The molecule has 5 heteroatoms. The molecule has 2 aromatic rings. The highest BCUT2D eigenvalue weighted by atomic mass is 16.6. The Labute approximate surface area is 122 Å². The monoisotopic (exact) mass is 282 g/mol. The summed E-state index contributed by atoms with van der Waals surface area (Å²) in [6.45, 7) is 0. The third kappa shape index (κ3) is 3.57. The summed E-state index contributed by atoms with van der Waals surface area (Å²) in [5, 5.41) is 20.0. The summed E-state index contributed by atoms with van der Waals surface area (Å²) in [7, 11) is 1.58. The molecule has 0 spiro atoms. The van der Waals surface area contributed by atoms with E-state index in [1.807, 2.05) is 24.3 Å². The van der Waals surface area contributed by atoms with E-state index in [-0.39, 0.29) is 11.6 Å². The summed E-state index contributed by atoms with van der Waals surface area (Å²) in [4.78, 5) is 10.2. The summed E-state index contributed by atoms with van der Waals surface area (Å²) < 4.78 is 5.16. The molecule has 0 aliphatic rings. The molecular weight excluding hydrogens is 268 g/mol. The van der Waals surface area contributed by atoms with Gasteiger partial charge in [0.15, 0.2) is 0 Å². The van der Waals surface area contributed by atoms with Gasteiger partial charge in [0.2, 0.25) is 0 Å². The van der Waals surface area contributed by atoms with Crippen molar-refractivity contribution in [2.24, 2.45) is 0 Å². The molecule has 0 amide bonds. The highest BCUT2D eigenvalue weighted by Gasteiger charge is 2.13. The first kappa shape index (κ1) is 14.5. The van der Waals surface area contributed by atoms with Gasteiger partial charge in [-0.25, -0.2) is 0 Å². The van der Waals surface area contributed by atoms with Crippen molar-refractivity contribution in [1.29, 1.82) is 5.26 Å². The van der Waals surface area contributed by atoms with Crippen LogP contribution in [0.15, 0.2) is 48.5 Å². The maximum absolute atomic E-state index is 10.6. The Balaban J connectivity index is 2.19. The van der Waals surface area contributed by atoms with Gasteiger partial charge in [0.25, 0.3) is 5.69 Å². The molecule has 0 radical (unpaired) electrons. The number of benzene rings is 2. The number of nitriles is 1. The molecule has 1 unspecified atom stereocenters. The molecule has 0 aromatic heterocycles. The molecule has 2 aromatic carbocycles. The molecule has 0 aliphatic carbocycles. The zero-order valence-corrected chi connectivity index (χ0v) is 11.5. The quantitative estimate of drug-likeness (QED) is 0.621.